The molecule has 1 unspecified atom stereocenters. The molecule has 0 aliphatic carbocycles. The summed E-state index contributed by atoms with van der Waals surface area (Å²) in [5.41, 5.74) is 3.02. The molecule has 1 N–H and O–H groups in total. The summed E-state index contributed by atoms with van der Waals surface area (Å²) in [6.07, 6.45) is 9.30. The zero-order chi connectivity index (χ0) is 19.3. The predicted molar refractivity (Wildman–Crippen MR) is 113 cm³/mol. The average molecular weight is 374 g/mol. The van der Waals surface area contributed by atoms with Crippen LogP contribution in [0.4, 0.5) is 5.69 Å². The second kappa shape index (κ2) is 8.38. The number of hydrogen-bond donors (Lipinski definition) is 1. The Kier molecular flexibility index (Phi) is 5.51. The van der Waals surface area contributed by atoms with Gasteiger partial charge >= 0.3 is 0 Å². The summed E-state index contributed by atoms with van der Waals surface area (Å²) in [4.78, 5) is 21.9. The summed E-state index contributed by atoms with van der Waals surface area (Å²) < 4.78 is 2.06. The van der Waals surface area contributed by atoms with Crippen molar-refractivity contribution in [2.75, 3.05) is 6.54 Å². The zero-order valence-corrected chi connectivity index (χ0v) is 16.3. The Balaban J connectivity index is 1.41. The standard InChI is InChI=1S/C23H26N4O/c1-2-7-19(23(28)25-12-3-4-14-27-15-13-24-16-27)22-18-10-5-8-17-9-6-11-20(26-22)21(17)18/h5-6,8-11,13,15-16,19H,2-4,7,12,14H2,1H3,(H,25,28). The van der Waals surface area contributed by atoms with Crippen LogP contribution in [0.1, 0.15) is 38.2 Å². The Hall–Kier alpha value is -2.95. The van der Waals surface area contributed by atoms with Crippen molar-refractivity contribution in [2.45, 2.75) is 39.2 Å². The number of carbonyl (C=O) groups is 1. The molecule has 5 nitrogen and oxygen atoms in total. The van der Waals surface area contributed by atoms with Gasteiger partial charge in [0.05, 0.1) is 23.6 Å². The topological polar surface area (TPSA) is 59.3 Å². The fourth-order valence-electron chi connectivity index (χ4n) is 3.94. The van der Waals surface area contributed by atoms with Gasteiger partial charge in [-0.05, 0) is 30.7 Å². The van der Waals surface area contributed by atoms with Gasteiger partial charge in [0.1, 0.15) is 0 Å². The number of rotatable bonds is 9. The third-order valence-corrected chi connectivity index (χ3v) is 5.32. The monoisotopic (exact) mass is 374 g/mol. The molecular weight excluding hydrogens is 348 g/mol. The van der Waals surface area contributed by atoms with E-state index in [2.05, 4.69) is 46.1 Å². The molecule has 2 aromatic carbocycles. The molecule has 0 saturated carbocycles. The van der Waals surface area contributed by atoms with Crippen molar-refractivity contribution in [1.82, 2.24) is 14.9 Å². The molecule has 1 aliphatic heterocycles. The molecule has 4 rings (SSSR count). The first-order valence-electron chi connectivity index (χ1n) is 10.1. The minimum absolute atomic E-state index is 0.0908. The molecule has 2 heterocycles. The third kappa shape index (κ3) is 3.70. The summed E-state index contributed by atoms with van der Waals surface area (Å²) in [6.45, 7) is 3.74. The molecule has 0 fully saturated rings. The summed E-state index contributed by atoms with van der Waals surface area (Å²) in [6, 6.07) is 12.4. The van der Waals surface area contributed by atoms with Crippen LogP contribution in [0.3, 0.4) is 0 Å². The second-order valence-corrected chi connectivity index (χ2v) is 7.32. The lowest BCUT2D eigenvalue weighted by Gasteiger charge is -2.17. The fourth-order valence-corrected chi connectivity index (χ4v) is 3.94. The number of nitrogens with zero attached hydrogens (tertiary/aromatic N) is 3. The van der Waals surface area contributed by atoms with Gasteiger partial charge in [-0.1, -0.05) is 43.7 Å². The smallest absolute Gasteiger partial charge is 0.229 e. The Morgan fingerprint density at radius 1 is 1.18 bits per heavy atom. The highest BCUT2D eigenvalue weighted by atomic mass is 16.1. The molecule has 0 spiro atoms. The van der Waals surface area contributed by atoms with Gasteiger partial charge in [0.25, 0.3) is 0 Å². The maximum Gasteiger partial charge on any atom is 0.229 e. The van der Waals surface area contributed by atoms with E-state index in [1.54, 1.807) is 6.20 Å². The van der Waals surface area contributed by atoms with Crippen LogP contribution < -0.4 is 5.32 Å². The predicted octanol–water partition coefficient (Wildman–Crippen LogP) is 4.48. The van der Waals surface area contributed by atoms with Gasteiger partial charge in [0, 0.05) is 36.4 Å². The number of carbonyl (C=O) groups excluding carboxylic acids is 1. The summed E-state index contributed by atoms with van der Waals surface area (Å²) in [5, 5.41) is 5.50. The van der Waals surface area contributed by atoms with Gasteiger partial charge in [-0.15, -0.1) is 0 Å². The lowest BCUT2D eigenvalue weighted by atomic mass is 9.90. The maximum absolute atomic E-state index is 13.0. The van der Waals surface area contributed by atoms with E-state index in [0.717, 1.165) is 49.2 Å². The van der Waals surface area contributed by atoms with Crippen LogP contribution in [0.25, 0.3) is 10.8 Å². The van der Waals surface area contributed by atoms with Crippen LogP contribution in [0.2, 0.25) is 0 Å². The van der Waals surface area contributed by atoms with Gasteiger partial charge < -0.3 is 9.88 Å². The normalized spacial score (nSPS) is 13.5. The quantitative estimate of drug-likeness (QED) is 0.561. The van der Waals surface area contributed by atoms with Crippen LogP contribution >= 0.6 is 0 Å². The van der Waals surface area contributed by atoms with Gasteiger partial charge in [-0.25, -0.2) is 4.98 Å². The van der Waals surface area contributed by atoms with Crippen molar-refractivity contribution in [3.8, 4) is 0 Å². The number of benzene rings is 2. The van der Waals surface area contributed by atoms with Gasteiger partial charge in [0.2, 0.25) is 5.91 Å². The summed E-state index contributed by atoms with van der Waals surface area (Å²) in [5.74, 6) is -0.107. The molecule has 5 heteroatoms. The van der Waals surface area contributed by atoms with E-state index in [1.807, 2.05) is 24.7 Å². The molecule has 0 radical (unpaired) electrons. The SMILES string of the molecule is CCCC(C(=O)NCCCCn1ccnc1)C1=Nc2cccc3cccc1c23. The summed E-state index contributed by atoms with van der Waals surface area (Å²) >= 11 is 0. The van der Waals surface area contributed by atoms with E-state index in [-0.39, 0.29) is 11.8 Å². The first kappa shape index (κ1) is 18.4. The fraction of sp³-hybridized carbons (Fsp3) is 0.348. The number of unbranched alkanes of at least 4 members (excludes halogenated alkanes) is 1. The Morgan fingerprint density at radius 2 is 2.04 bits per heavy atom. The Labute approximate surface area is 165 Å². The van der Waals surface area contributed by atoms with Crippen molar-refractivity contribution in [1.29, 1.82) is 0 Å². The molecule has 144 valence electrons. The number of amides is 1. The van der Waals surface area contributed by atoms with Crippen molar-refractivity contribution in [2.24, 2.45) is 10.9 Å². The molecule has 0 saturated heterocycles. The van der Waals surface area contributed by atoms with E-state index in [4.69, 9.17) is 4.99 Å². The van der Waals surface area contributed by atoms with Crippen LogP contribution in [0, 0.1) is 5.92 Å². The molecule has 1 amide bonds. The van der Waals surface area contributed by atoms with E-state index in [1.165, 1.54) is 10.8 Å². The Bertz CT molecular complexity index is 986. The third-order valence-electron chi connectivity index (χ3n) is 5.32. The van der Waals surface area contributed by atoms with Gasteiger partial charge in [-0.3, -0.25) is 9.79 Å². The molecule has 28 heavy (non-hydrogen) atoms. The van der Waals surface area contributed by atoms with Crippen molar-refractivity contribution in [3.05, 3.63) is 60.7 Å². The van der Waals surface area contributed by atoms with Crippen molar-refractivity contribution in [3.63, 3.8) is 0 Å². The van der Waals surface area contributed by atoms with Crippen molar-refractivity contribution >= 4 is 28.1 Å². The van der Waals surface area contributed by atoms with E-state index < -0.39 is 0 Å². The Morgan fingerprint density at radius 3 is 2.82 bits per heavy atom. The van der Waals surface area contributed by atoms with Crippen LogP contribution in [-0.2, 0) is 11.3 Å². The lowest BCUT2D eigenvalue weighted by Crippen LogP contribution is -2.36. The maximum atomic E-state index is 13.0. The summed E-state index contributed by atoms with van der Waals surface area (Å²) in [7, 11) is 0. The molecular formula is C23H26N4O. The minimum atomic E-state index is -0.198. The molecule has 1 aliphatic rings. The average Bonchev–Trinajstić information content (AvgIpc) is 3.35. The molecule has 1 atom stereocenters. The number of aryl methyl sites for hydroxylation is 1. The molecule has 3 aromatic rings. The van der Waals surface area contributed by atoms with Gasteiger partial charge in [-0.2, -0.15) is 0 Å². The van der Waals surface area contributed by atoms with Crippen LogP contribution in [-0.4, -0.2) is 27.7 Å². The van der Waals surface area contributed by atoms with Crippen LogP contribution in [0.5, 0.6) is 0 Å². The van der Waals surface area contributed by atoms with Gasteiger partial charge in [0.15, 0.2) is 0 Å². The zero-order valence-electron chi connectivity index (χ0n) is 16.3. The highest BCUT2D eigenvalue weighted by molar-refractivity contribution is 6.25. The highest BCUT2D eigenvalue weighted by Gasteiger charge is 2.29. The van der Waals surface area contributed by atoms with E-state index in [0.29, 0.717) is 6.54 Å². The van der Waals surface area contributed by atoms with Crippen LogP contribution in [0.15, 0.2) is 60.1 Å². The minimum Gasteiger partial charge on any atom is -0.356 e. The van der Waals surface area contributed by atoms with Crippen molar-refractivity contribution < 1.29 is 4.79 Å². The first-order chi connectivity index (χ1) is 13.8. The number of imidazole rings is 1. The number of hydrogen-bond acceptors (Lipinski definition) is 3. The number of aliphatic imine (C=N–C) groups is 1. The second-order valence-electron chi connectivity index (χ2n) is 7.32. The van der Waals surface area contributed by atoms with E-state index in [9.17, 15) is 4.79 Å². The number of aromatic nitrogens is 2. The first-order valence-corrected chi connectivity index (χ1v) is 10.1. The molecule has 0 bridgehead atoms. The number of nitrogens with one attached hydrogen (secondary N) is 1. The van der Waals surface area contributed by atoms with E-state index >= 15 is 0 Å². The molecule has 1 aromatic heterocycles. The largest absolute Gasteiger partial charge is 0.356 e. The highest BCUT2D eigenvalue weighted by Crippen LogP contribution is 2.37. The lowest BCUT2D eigenvalue weighted by molar-refractivity contribution is -0.123.